The standard InChI is InChI=1S/C10H18O/c1-3-9-4-6-10(7-5-9)8-11-2/h3,9-10H,1,4-8H2,2H3. The molecule has 0 saturated heterocycles. The molecule has 0 heterocycles. The Bertz CT molecular complexity index is 112. The van der Waals surface area contributed by atoms with Crippen LogP contribution in [0.4, 0.5) is 0 Å². The van der Waals surface area contributed by atoms with Crippen LogP contribution in [-0.2, 0) is 4.74 Å². The summed E-state index contributed by atoms with van der Waals surface area (Å²) in [5, 5.41) is 0. The molecule has 0 radical (unpaired) electrons. The molecule has 0 aromatic rings. The van der Waals surface area contributed by atoms with Gasteiger partial charge in [0.1, 0.15) is 0 Å². The number of hydrogen-bond donors (Lipinski definition) is 0. The highest BCUT2D eigenvalue weighted by molar-refractivity contribution is 4.83. The highest BCUT2D eigenvalue weighted by Crippen LogP contribution is 2.29. The summed E-state index contributed by atoms with van der Waals surface area (Å²) in [6.45, 7) is 4.77. The SMILES string of the molecule is C=CC1CCC(COC)CC1. The van der Waals surface area contributed by atoms with Crippen LogP contribution in [0, 0.1) is 11.8 Å². The predicted molar refractivity (Wildman–Crippen MR) is 47.5 cm³/mol. The largest absolute Gasteiger partial charge is 0.384 e. The van der Waals surface area contributed by atoms with Gasteiger partial charge in [0, 0.05) is 13.7 Å². The van der Waals surface area contributed by atoms with Gasteiger partial charge in [0.25, 0.3) is 0 Å². The van der Waals surface area contributed by atoms with Crippen molar-refractivity contribution in [3.8, 4) is 0 Å². The second kappa shape index (κ2) is 4.55. The highest BCUT2D eigenvalue weighted by atomic mass is 16.5. The van der Waals surface area contributed by atoms with Crippen LogP contribution in [0.2, 0.25) is 0 Å². The summed E-state index contributed by atoms with van der Waals surface area (Å²) < 4.78 is 5.12. The van der Waals surface area contributed by atoms with E-state index in [4.69, 9.17) is 4.74 Å². The maximum Gasteiger partial charge on any atom is 0.0490 e. The molecule has 1 aliphatic carbocycles. The summed E-state index contributed by atoms with van der Waals surface area (Å²) >= 11 is 0. The summed E-state index contributed by atoms with van der Waals surface area (Å²) in [7, 11) is 1.79. The molecule has 1 saturated carbocycles. The third-order valence-electron chi connectivity index (χ3n) is 2.63. The van der Waals surface area contributed by atoms with E-state index in [1.807, 2.05) is 0 Å². The molecule has 1 aliphatic rings. The van der Waals surface area contributed by atoms with Crippen LogP contribution in [0.25, 0.3) is 0 Å². The molecule has 11 heavy (non-hydrogen) atoms. The molecule has 1 nitrogen and oxygen atoms in total. The van der Waals surface area contributed by atoms with E-state index in [-0.39, 0.29) is 0 Å². The van der Waals surface area contributed by atoms with E-state index in [2.05, 4.69) is 12.7 Å². The Labute approximate surface area is 69.4 Å². The van der Waals surface area contributed by atoms with Crippen molar-refractivity contribution < 1.29 is 4.74 Å². The summed E-state index contributed by atoms with van der Waals surface area (Å²) in [6.07, 6.45) is 7.38. The van der Waals surface area contributed by atoms with Crippen molar-refractivity contribution in [3.05, 3.63) is 12.7 Å². The Hall–Kier alpha value is -0.300. The molecule has 64 valence electrons. The monoisotopic (exact) mass is 154 g/mol. The fourth-order valence-electron chi connectivity index (χ4n) is 1.83. The quantitative estimate of drug-likeness (QED) is 0.568. The van der Waals surface area contributed by atoms with Gasteiger partial charge in [-0.2, -0.15) is 0 Å². The molecule has 0 aromatic heterocycles. The van der Waals surface area contributed by atoms with Crippen molar-refractivity contribution in [2.45, 2.75) is 25.7 Å². The molecule has 1 rings (SSSR count). The zero-order valence-corrected chi connectivity index (χ0v) is 7.38. The second-order valence-corrected chi connectivity index (χ2v) is 3.47. The lowest BCUT2D eigenvalue weighted by atomic mass is 9.82. The van der Waals surface area contributed by atoms with E-state index >= 15 is 0 Å². The van der Waals surface area contributed by atoms with E-state index in [9.17, 15) is 0 Å². The highest BCUT2D eigenvalue weighted by Gasteiger charge is 2.18. The minimum atomic E-state index is 0.781. The minimum Gasteiger partial charge on any atom is -0.384 e. The third-order valence-corrected chi connectivity index (χ3v) is 2.63. The number of allylic oxidation sites excluding steroid dienone is 1. The summed E-state index contributed by atoms with van der Waals surface area (Å²) in [4.78, 5) is 0. The average Bonchev–Trinajstić information content (AvgIpc) is 2.07. The Morgan fingerprint density at radius 3 is 2.45 bits per heavy atom. The molecule has 0 N–H and O–H groups in total. The topological polar surface area (TPSA) is 9.23 Å². The maximum atomic E-state index is 5.12. The van der Waals surface area contributed by atoms with Crippen molar-refractivity contribution in [2.24, 2.45) is 11.8 Å². The van der Waals surface area contributed by atoms with Crippen LogP contribution in [0.1, 0.15) is 25.7 Å². The third kappa shape index (κ3) is 2.66. The first kappa shape index (κ1) is 8.79. The lowest BCUT2D eigenvalue weighted by molar-refractivity contribution is 0.124. The minimum absolute atomic E-state index is 0.781. The van der Waals surface area contributed by atoms with E-state index in [0.29, 0.717) is 0 Å². The van der Waals surface area contributed by atoms with Crippen molar-refractivity contribution >= 4 is 0 Å². The molecular formula is C10H18O. The van der Waals surface area contributed by atoms with E-state index in [0.717, 1.165) is 18.4 Å². The fourth-order valence-corrected chi connectivity index (χ4v) is 1.83. The normalized spacial score (nSPS) is 31.7. The van der Waals surface area contributed by atoms with Gasteiger partial charge in [0.05, 0.1) is 0 Å². The number of rotatable bonds is 3. The van der Waals surface area contributed by atoms with Gasteiger partial charge in [0.15, 0.2) is 0 Å². The van der Waals surface area contributed by atoms with Crippen molar-refractivity contribution in [1.82, 2.24) is 0 Å². The van der Waals surface area contributed by atoms with Gasteiger partial charge in [-0.3, -0.25) is 0 Å². The van der Waals surface area contributed by atoms with Crippen molar-refractivity contribution in [3.63, 3.8) is 0 Å². The van der Waals surface area contributed by atoms with Gasteiger partial charge in [-0.1, -0.05) is 6.08 Å². The summed E-state index contributed by atoms with van der Waals surface area (Å²) in [6, 6.07) is 0. The fraction of sp³-hybridized carbons (Fsp3) is 0.800. The van der Waals surface area contributed by atoms with Crippen LogP contribution in [0.3, 0.4) is 0 Å². The molecule has 0 atom stereocenters. The maximum absolute atomic E-state index is 5.12. The van der Waals surface area contributed by atoms with Crippen molar-refractivity contribution in [1.29, 1.82) is 0 Å². The van der Waals surface area contributed by atoms with E-state index in [1.165, 1.54) is 25.7 Å². The number of methoxy groups -OCH3 is 1. The Kier molecular flexibility index (Phi) is 3.64. The Balaban J connectivity index is 2.18. The Morgan fingerprint density at radius 1 is 1.36 bits per heavy atom. The molecule has 1 heteroatoms. The molecule has 0 aromatic carbocycles. The van der Waals surface area contributed by atoms with Gasteiger partial charge < -0.3 is 4.74 Å². The first-order chi connectivity index (χ1) is 5.36. The number of hydrogen-bond acceptors (Lipinski definition) is 1. The van der Waals surface area contributed by atoms with Crippen LogP contribution >= 0.6 is 0 Å². The Morgan fingerprint density at radius 2 is 2.00 bits per heavy atom. The number of ether oxygens (including phenoxy) is 1. The smallest absolute Gasteiger partial charge is 0.0490 e. The van der Waals surface area contributed by atoms with Crippen molar-refractivity contribution in [2.75, 3.05) is 13.7 Å². The van der Waals surface area contributed by atoms with Crippen LogP contribution in [0.15, 0.2) is 12.7 Å². The van der Waals surface area contributed by atoms with Gasteiger partial charge in [-0.05, 0) is 37.5 Å². The molecule has 1 fully saturated rings. The van der Waals surface area contributed by atoms with Gasteiger partial charge in [-0.15, -0.1) is 6.58 Å². The lowest BCUT2D eigenvalue weighted by Crippen LogP contribution is -2.16. The van der Waals surface area contributed by atoms with Gasteiger partial charge >= 0.3 is 0 Å². The second-order valence-electron chi connectivity index (χ2n) is 3.47. The molecular weight excluding hydrogens is 136 g/mol. The molecule has 0 amide bonds. The first-order valence-corrected chi connectivity index (χ1v) is 4.48. The van der Waals surface area contributed by atoms with Gasteiger partial charge in [0.2, 0.25) is 0 Å². The van der Waals surface area contributed by atoms with E-state index < -0.39 is 0 Å². The lowest BCUT2D eigenvalue weighted by Gasteiger charge is -2.25. The molecule has 0 bridgehead atoms. The van der Waals surface area contributed by atoms with Gasteiger partial charge in [-0.25, -0.2) is 0 Å². The summed E-state index contributed by atoms with van der Waals surface area (Å²) in [5.74, 6) is 1.60. The average molecular weight is 154 g/mol. The van der Waals surface area contributed by atoms with Crippen LogP contribution in [0.5, 0.6) is 0 Å². The zero-order valence-electron chi connectivity index (χ0n) is 7.38. The van der Waals surface area contributed by atoms with E-state index in [1.54, 1.807) is 7.11 Å². The summed E-state index contributed by atoms with van der Waals surface area (Å²) in [5.41, 5.74) is 0. The zero-order chi connectivity index (χ0) is 8.10. The predicted octanol–water partition coefficient (Wildman–Crippen LogP) is 2.63. The van der Waals surface area contributed by atoms with Crippen LogP contribution < -0.4 is 0 Å². The molecule has 0 spiro atoms. The molecule has 0 aliphatic heterocycles. The van der Waals surface area contributed by atoms with Crippen LogP contribution in [-0.4, -0.2) is 13.7 Å². The first-order valence-electron chi connectivity index (χ1n) is 4.48. The molecule has 0 unspecified atom stereocenters.